The van der Waals surface area contributed by atoms with Crippen molar-refractivity contribution in [2.75, 3.05) is 10.2 Å². The predicted molar refractivity (Wildman–Crippen MR) is 250 cm³/mol. The zero-order valence-corrected chi connectivity index (χ0v) is 34.0. The third kappa shape index (κ3) is 5.18. The molecule has 0 fully saturated rings. The van der Waals surface area contributed by atoms with Crippen LogP contribution in [0.1, 0.15) is 54.2 Å². The van der Waals surface area contributed by atoms with Gasteiger partial charge >= 0.3 is 0 Å². The molecular formula is C54H42BN2S. The van der Waals surface area contributed by atoms with Gasteiger partial charge in [0, 0.05) is 48.5 Å². The van der Waals surface area contributed by atoms with Gasteiger partial charge in [-0.2, -0.15) is 0 Å². The van der Waals surface area contributed by atoms with E-state index in [-0.39, 0.29) is 5.41 Å². The summed E-state index contributed by atoms with van der Waals surface area (Å²) in [6, 6.07) is 65.4. The third-order valence-electron chi connectivity index (χ3n) is 12.3. The van der Waals surface area contributed by atoms with Crippen molar-refractivity contribution in [2.24, 2.45) is 0 Å². The van der Waals surface area contributed by atoms with Gasteiger partial charge in [0.05, 0.1) is 11.1 Å². The Morgan fingerprint density at radius 1 is 0.603 bits per heavy atom. The van der Waals surface area contributed by atoms with E-state index in [2.05, 4.69) is 221 Å². The molecule has 0 spiro atoms. The molecule has 0 atom stereocenters. The molecule has 0 saturated carbocycles. The lowest BCUT2D eigenvalue weighted by Crippen LogP contribution is -2.47. The molecule has 2 aliphatic rings. The van der Waals surface area contributed by atoms with Gasteiger partial charge in [-0.1, -0.05) is 166 Å². The van der Waals surface area contributed by atoms with Crippen molar-refractivity contribution < 1.29 is 0 Å². The normalized spacial score (nSPS) is 13.8. The average molecular weight is 762 g/mol. The molecule has 0 unspecified atom stereocenters. The van der Waals surface area contributed by atoms with Crippen molar-refractivity contribution in [3.8, 4) is 11.1 Å². The van der Waals surface area contributed by atoms with Crippen LogP contribution in [-0.4, -0.2) is 7.28 Å². The summed E-state index contributed by atoms with van der Waals surface area (Å²) in [4.78, 5) is 2.57. The number of nitrogens with zero attached hydrogens (tertiary/aromatic N) is 1. The summed E-state index contributed by atoms with van der Waals surface area (Å²) < 4.78 is 2.60. The minimum Gasteiger partial charge on any atom is -0.355 e. The Morgan fingerprint density at radius 2 is 1.28 bits per heavy atom. The largest absolute Gasteiger partial charge is 0.355 e. The second kappa shape index (κ2) is 13.1. The van der Waals surface area contributed by atoms with E-state index in [0.29, 0.717) is 0 Å². The van der Waals surface area contributed by atoms with Gasteiger partial charge in [-0.3, -0.25) is 0 Å². The number of anilines is 5. The van der Waals surface area contributed by atoms with Gasteiger partial charge in [-0.25, -0.2) is 0 Å². The van der Waals surface area contributed by atoms with Gasteiger partial charge < -0.3 is 10.2 Å². The highest BCUT2D eigenvalue weighted by Crippen LogP contribution is 2.58. The number of benzene rings is 8. The van der Waals surface area contributed by atoms with E-state index in [9.17, 15) is 0 Å². The van der Waals surface area contributed by atoms with Gasteiger partial charge in [-0.15, -0.1) is 11.3 Å². The Hall–Kier alpha value is -6.36. The summed E-state index contributed by atoms with van der Waals surface area (Å²) >= 11 is 1.89. The molecule has 11 rings (SSSR count). The van der Waals surface area contributed by atoms with Gasteiger partial charge in [0.1, 0.15) is 0 Å². The fraction of sp³-hybridized carbons (Fsp3) is 0.111. The number of fused-ring (bicyclic) bond motifs is 7. The Labute approximate surface area is 345 Å². The summed E-state index contributed by atoms with van der Waals surface area (Å²) in [5, 5.41) is 6.51. The standard InChI is InChI=1S/C54H42BN2S/c1-34-32-41(49-45(56-38-28-26-35(27-29-38)53(2,3)4)31-30-40-39-20-11-14-25-48(39)58-52(40)49)50-47(33-34)57-46-24-13-12-21-42(46)54(36-16-7-5-8-17-36,37-18-9-6-10-19-37)43-22-15-23-44(55-50)51(43)57/h5-33,56H,1-4H3. The van der Waals surface area contributed by atoms with E-state index >= 15 is 0 Å². The maximum Gasteiger partial charge on any atom is 0.197 e. The van der Waals surface area contributed by atoms with E-state index in [1.54, 1.807) is 0 Å². The fourth-order valence-electron chi connectivity index (χ4n) is 9.74. The van der Waals surface area contributed by atoms with Crippen molar-refractivity contribution in [3.63, 3.8) is 0 Å². The molecule has 0 saturated heterocycles. The molecule has 9 aromatic rings. The average Bonchev–Trinajstić information content (AvgIpc) is 3.63. The highest BCUT2D eigenvalue weighted by atomic mass is 32.1. The quantitative estimate of drug-likeness (QED) is 0.176. The van der Waals surface area contributed by atoms with Crippen LogP contribution in [0.25, 0.3) is 31.3 Å². The Morgan fingerprint density at radius 3 is 2.02 bits per heavy atom. The molecule has 58 heavy (non-hydrogen) atoms. The first-order valence-electron chi connectivity index (χ1n) is 20.3. The molecule has 1 radical (unpaired) electrons. The molecule has 1 aromatic heterocycles. The van der Waals surface area contributed by atoms with E-state index in [0.717, 1.165) is 11.4 Å². The van der Waals surface area contributed by atoms with Crippen molar-refractivity contribution >= 4 is 78.2 Å². The molecule has 3 heterocycles. The highest BCUT2D eigenvalue weighted by molar-refractivity contribution is 7.26. The number of nitrogens with one attached hydrogen (secondary N) is 1. The topological polar surface area (TPSA) is 15.3 Å². The molecule has 0 aliphatic carbocycles. The van der Waals surface area contributed by atoms with Gasteiger partial charge in [0.25, 0.3) is 0 Å². The maximum atomic E-state index is 3.92. The SMILES string of the molecule is Cc1cc(-c2c(Nc3ccc(C(C)(C)C)cc3)ccc3c2sc2ccccc23)c2c(c1)N1c3ccccc3C(c3ccccc3)(c3ccccc3)c3cccc(c31)[B]2. The molecular weight excluding hydrogens is 719 g/mol. The molecule has 0 bridgehead atoms. The lowest BCUT2D eigenvalue weighted by molar-refractivity contribution is 0.590. The van der Waals surface area contributed by atoms with Crippen LogP contribution in [0.3, 0.4) is 0 Å². The molecule has 2 nitrogen and oxygen atoms in total. The number of para-hydroxylation sites is 2. The molecule has 277 valence electrons. The van der Waals surface area contributed by atoms with Crippen molar-refractivity contribution in [1.82, 2.24) is 0 Å². The summed E-state index contributed by atoms with van der Waals surface area (Å²) in [6.45, 7) is 9.06. The fourth-order valence-corrected chi connectivity index (χ4v) is 11.0. The van der Waals surface area contributed by atoms with Crippen molar-refractivity contribution in [2.45, 2.75) is 38.5 Å². The summed E-state index contributed by atoms with van der Waals surface area (Å²) in [7, 11) is 2.46. The van der Waals surface area contributed by atoms with Crippen LogP contribution in [0, 0.1) is 6.92 Å². The lowest BCUT2D eigenvalue weighted by Gasteiger charge is -2.49. The Balaban J connectivity index is 1.18. The van der Waals surface area contributed by atoms with Crippen LogP contribution in [0.4, 0.5) is 28.4 Å². The van der Waals surface area contributed by atoms with Crippen LogP contribution < -0.4 is 21.1 Å². The first-order valence-corrected chi connectivity index (χ1v) is 21.1. The molecule has 0 amide bonds. The molecule has 8 aromatic carbocycles. The van der Waals surface area contributed by atoms with E-state index in [1.807, 2.05) is 11.3 Å². The van der Waals surface area contributed by atoms with Crippen LogP contribution in [0.5, 0.6) is 0 Å². The van der Waals surface area contributed by atoms with Crippen molar-refractivity contribution in [3.05, 3.63) is 209 Å². The summed E-state index contributed by atoms with van der Waals surface area (Å²) in [5.74, 6) is 0. The monoisotopic (exact) mass is 761 g/mol. The van der Waals surface area contributed by atoms with Gasteiger partial charge in [0.2, 0.25) is 0 Å². The van der Waals surface area contributed by atoms with Crippen LogP contribution in [0.15, 0.2) is 176 Å². The summed E-state index contributed by atoms with van der Waals surface area (Å²) in [5.41, 5.74) is 18.0. The van der Waals surface area contributed by atoms with E-state index in [4.69, 9.17) is 0 Å². The third-order valence-corrected chi connectivity index (χ3v) is 13.6. The first-order chi connectivity index (χ1) is 28.3. The number of rotatable bonds is 5. The molecule has 2 aliphatic heterocycles. The number of hydrogen-bond acceptors (Lipinski definition) is 3. The van der Waals surface area contributed by atoms with Crippen LogP contribution in [-0.2, 0) is 10.8 Å². The van der Waals surface area contributed by atoms with Crippen LogP contribution >= 0.6 is 11.3 Å². The Bertz CT molecular complexity index is 3010. The maximum absolute atomic E-state index is 3.92. The zero-order valence-electron chi connectivity index (χ0n) is 33.2. The van der Waals surface area contributed by atoms with E-state index < -0.39 is 5.41 Å². The van der Waals surface area contributed by atoms with Crippen LogP contribution in [0.2, 0.25) is 0 Å². The van der Waals surface area contributed by atoms with E-state index in [1.165, 1.54) is 92.7 Å². The lowest BCUT2D eigenvalue weighted by atomic mass is 9.54. The number of hydrogen-bond donors (Lipinski definition) is 1. The molecule has 4 heteroatoms. The molecule has 1 N–H and O–H groups in total. The second-order valence-electron chi connectivity index (χ2n) is 16.9. The number of thiophene rings is 1. The number of aryl methyl sites for hydroxylation is 1. The smallest absolute Gasteiger partial charge is 0.197 e. The zero-order chi connectivity index (χ0) is 39.2. The predicted octanol–water partition coefficient (Wildman–Crippen LogP) is 13.2. The first kappa shape index (κ1) is 34.9. The minimum atomic E-state index is -0.513. The Kier molecular flexibility index (Phi) is 7.87. The second-order valence-corrected chi connectivity index (χ2v) is 17.9. The summed E-state index contributed by atoms with van der Waals surface area (Å²) in [6.07, 6.45) is 0. The van der Waals surface area contributed by atoms with Gasteiger partial charge in [-0.05, 0) is 93.1 Å². The van der Waals surface area contributed by atoms with Crippen molar-refractivity contribution in [1.29, 1.82) is 0 Å². The minimum absolute atomic E-state index is 0.0845. The highest BCUT2D eigenvalue weighted by Gasteiger charge is 2.48. The van der Waals surface area contributed by atoms with Gasteiger partial charge in [0.15, 0.2) is 7.28 Å².